The number of hydrogen-bond donors (Lipinski definition) is 1. The monoisotopic (exact) mass is 210 g/mol. The summed E-state index contributed by atoms with van der Waals surface area (Å²) in [6.45, 7) is 8.54. The van der Waals surface area contributed by atoms with Gasteiger partial charge in [0.05, 0.1) is 0 Å². The largest absolute Gasteiger partial charge is 0.311 e. The molecule has 2 nitrogen and oxygen atoms in total. The number of hydrogen-bond acceptors (Lipinski definition) is 2. The fourth-order valence-corrected chi connectivity index (χ4v) is 2.87. The fourth-order valence-electron chi connectivity index (χ4n) is 2.87. The molecule has 88 valence electrons. The minimum absolute atomic E-state index is 0.727. The van der Waals surface area contributed by atoms with Crippen LogP contribution >= 0.6 is 0 Å². The number of nitrogens with one attached hydrogen (secondary N) is 1. The summed E-state index contributed by atoms with van der Waals surface area (Å²) in [4.78, 5) is 2.60. The molecule has 0 bridgehead atoms. The van der Waals surface area contributed by atoms with E-state index in [0.717, 1.165) is 18.0 Å². The summed E-state index contributed by atoms with van der Waals surface area (Å²) in [5.74, 6) is 0.888. The molecule has 2 rings (SSSR count). The first-order chi connectivity index (χ1) is 7.29. The van der Waals surface area contributed by atoms with Gasteiger partial charge in [-0.05, 0) is 51.6 Å². The van der Waals surface area contributed by atoms with Crippen molar-refractivity contribution in [2.24, 2.45) is 5.92 Å². The number of rotatable bonds is 4. The fraction of sp³-hybridized carbons (Fsp3) is 1.00. The number of nitrogens with zero attached hydrogens (tertiary/aromatic N) is 1. The molecule has 1 N–H and O–H groups in total. The van der Waals surface area contributed by atoms with Gasteiger partial charge in [-0.2, -0.15) is 0 Å². The van der Waals surface area contributed by atoms with Gasteiger partial charge in [0.25, 0.3) is 0 Å². The van der Waals surface area contributed by atoms with Crippen LogP contribution in [-0.2, 0) is 0 Å². The average Bonchev–Trinajstić information content (AvgIpc) is 2.23. The van der Waals surface area contributed by atoms with E-state index in [1.54, 1.807) is 0 Å². The van der Waals surface area contributed by atoms with Crippen molar-refractivity contribution in [3.8, 4) is 0 Å². The van der Waals surface area contributed by atoms with Crippen LogP contribution in [0.2, 0.25) is 0 Å². The third-order valence-corrected chi connectivity index (χ3v) is 4.30. The molecule has 0 aromatic heterocycles. The molecular formula is C13H26N2. The minimum Gasteiger partial charge on any atom is -0.311 e. The zero-order valence-corrected chi connectivity index (χ0v) is 10.3. The zero-order chi connectivity index (χ0) is 10.7. The Hall–Kier alpha value is -0.0800. The Morgan fingerprint density at radius 1 is 1.27 bits per heavy atom. The van der Waals surface area contributed by atoms with Crippen LogP contribution in [0, 0.1) is 5.92 Å². The SMILES string of the molecule is CCN1CCCC(C(C)NC2CCC2)C1. The molecule has 2 fully saturated rings. The van der Waals surface area contributed by atoms with E-state index < -0.39 is 0 Å². The van der Waals surface area contributed by atoms with Gasteiger partial charge in [-0.15, -0.1) is 0 Å². The first-order valence-corrected chi connectivity index (χ1v) is 6.78. The molecule has 0 spiro atoms. The minimum atomic E-state index is 0.727. The van der Waals surface area contributed by atoms with Crippen molar-refractivity contribution in [3.63, 3.8) is 0 Å². The van der Waals surface area contributed by atoms with Crippen molar-refractivity contribution in [2.45, 2.75) is 58.0 Å². The van der Waals surface area contributed by atoms with Gasteiger partial charge in [0.15, 0.2) is 0 Å². The summed E-state index contributed by atoms with van der Waals surface area (Å²) in [7, 11) is 0. The van der Waals surface area contributed by atoms with Crippen molar-refractivity contribution in [1.29, 1.82) is 0 Å². The van der Waals surface area contributed by atoms with E-state index in [4.69, 9.17) is 0 Å². The van der Waals surface area contributed by atoms with Crippen LogP contribution in [0.1, 0.15) is 46.0 Å². The Balaban J connectivity index is 1.75. The quantitative estimate of drug-likeness (QED) is 0.765. The van der Waals surface area contributed by atoms with Gasteiger partial charge >= 0.3 is 0 Å². The molecule has 1 aliphatic carbocycles. The van der Waals surface area contributed by atoms with Crippen LogP contribution in [-0.4, -0.2) is 36.6 Å². The molecule has 1 saturated carbocycles. The maximum Gasteiger partial charge on any atom is 0.00818 e. The van der Waals surface area contributed by atoms with E-state index in [-0.39, 0.29) is 0 Å². The molecule has 1 heterocycles. The highest BCUT2D eigenvalue weighted by atomic mass is 15.1. The predicted molar refractivity (Wildman–Crippen MR) is 65.1 cm³/mol. The smallest absolute Gasteiger partial charge is 0.00818 e. The van der Waals surface area contributed by atoms with Crippen molar-refractivity contribution in [1.82, 2.24) is 10.2 Å². The Morgan fingerprint density at radius 2 is 2.07 bits per heavy atom. The standard InChI is InChI=1S/C13H26N2/c1-3-15-9-5-6-12(10-15)11(2)14-13-7-4-8-13/h11-14H,3-10H2,1-2H3. The van der Waals surface area contributed by atoms with Crippen LogP contribution in [0.15, 0.2) is 0 Å². The summed E-state index contributed by atoms with van der Waals surface area (Å²) in [6, 6.07) is 1.57. The second-order valence-corrected chi connectivity index (χ2v) is 5.38. The maximum atomic E-state index is 3.80. The van der Waals surface area contributed by atoms with Crippen molar-refractivity contribution in [2.75, 3.05) is 19.6 Å². The third kappa shape index (κ3) is 2.94. The third-order valence-electron chi connectivity index (χ3n) is 4.30. The lowest BCUT2D eigenvalue weighted by Gasteiger charge is -2.38. The predicted octanol–water partition coefficient (Wildman–Crippen LogP) is 2.25. The summed E-state index contributed by atoms with van der Waals surface area (Å²) in [5.41, 5.74) is 0. The second-order valence-electron chi connectivity index (χ2n) is 5.38. The van der Waals surface area contributed by atoms with Gasteiger partial charge < -0.3 is 10.2 Å². The molecule has 2 atom stereocenters. The normalized spacial score (nSPS) is 31.2. The van der Waals surface area contributed by atoms with E-state index in [9.17, 15) is 0 Å². The summed E-state index contributed by atoms with van der Waals surface area (Å²) in [5, 5.41) is 3.80. The Kier molecular flexibility index (Phi) is 4.04. The van der Waals surface area contributed by atoms with Gasteiger partial charge in [-0.3, -0.25) is 0 Å². The van der Waals surface area contributed by atoms with E-state index >= 15 is 0 Å². The highest BCUT2D eigenvalue weighted by Crippen LogP contribution is 2.23. The van der Waals surface area contributed by atoms with Crippen LogP contribution in [0.3, 0.4) is 0 Å². The highest BCUT2D eigenvalue weighted by molar-refractivity contribution is 4.85. The topological polar surface area (TPSA) is 15.3 Å². The average molecular weight is 210 g/mol. The Labute approximate surface area is 94.4 Å². The lowest BCUT2D eigenvalue weighted by atomic mass is 9.87. The van der Waals surface area contributed by atoms with Crippen molar-refractivity contribution >= 4 is 0 Å². The molecule has 2 heteroatoms. The summed E-state index contributed by atoms with van der Waals surface area (Å²) >= 11 is 0. The Bertz CT molecular complexity index is 189. The lowest BCUT2D eigenvalue weighted by Crippen LogP contribution is -2.49. The summed E-state index contributed by atoms with van der Waals surface area (Å²) in [6.07, 6.45) is 7.09. The molecule has 1 aliphatic heterocycles. The van der Waals surface area contributed by atoms with E-state index in [1.807, 2.05) is 0 Å². The van der Waals surface area contributed by atoms with Crippen molar-refractivity contribution in [3.05, 3.63) is 0 Å². The van der Waals surface area contributed by atoms with Gasteiger partial charge in [0.2, 0.25) is 0 Å². The van der Waals surface area contributed by atoms with E-state index in [1.165, 1.54) is 51.7 Å². The van der Waals surface area contributed by atoms with Gasteiger partial charge in [-0.25, -0.2) is 0 Å². The molecule has 2 aliphatic rings. The van der Waals surface area contributed by atoms with E-state index in [0.29, 0.717) is 0 Å². The second kappa shape index (κ2) is 5.31. The first-order valence-electron chi connectivity index (χ1n) is 6.78. The van der Waals surface area contributed by atoms with Gasteiger partial charge in [0, 0.05) is 18.6 Å². The number of piperidine rings is 1. The molecule has 0 aromatic carbocycles. The van der Waals surface area contributed by atoms with Crippen molar-refractivity contribution < 1.29 is 0 Å². The molecule has 0 aromatic rings. The molecule has 2 unspecified atom stereocenters. The first kappa shape index (κ1) is 11.4. The molecule has 1 saturated heterocycles. The lowest BCUT2D eigenvalue weighted by molar-refractivity contribution is 0.144. The molecular weight excluding hydrogens is 184 g/mol. The summed E-state index contributed by atoms with van der Waals surface area (Å²) < 4.78 is 0. The highest BCUT2D eigenvalue weighted by Gasteiger charge is 2.27. The zero-order valence-electron chi connectivity index (χ0n) is 10.3. The van der Waals surface area contributed by atoms with Crippen LogP contribution < -0.4 is 5.32 Å². The molecule has 0 amide bonds. The van der Waals surface area contributed by atoms with Gasteiger partial charge in [0.1, 0.15) is 0 Å². The Morgan fingerprint density at radius 3 is 2.67 bits per heavy atom. The molecule has 0 radical (unpaired) electrons. The maximum absolute atomic E-state index is 3.80. The van der Waals surface area contributed by atoms with Gasteiger partial charge in [-0.1, -0.05) is 13.3 Å². The molecule has 15 heavy (non-hydrogen) atoms. The van der Waals surface area contributed by atoms with Crippen LogP contribution in [0.5, 0.6) is 0 Å². The van der Waals surface area contributed by atoms with Crippen LogP contribution in [0.4, 0.5) is 0 Å². The van der Waals surface area contributed by atoms with E-state index in [2.05, 4.69) is 24.1 Å². The van der Waals surface area contributed by atoms with Crippen LogP contribution in [0.25, 0.3) is 0 Å². The number of likely N-dealkylation sites (tertiary alicyclic amines) is 1.